The summed E-state index contributed by atoms with van der Waals surface area (Å²) in [5, 5.41) is 11.5. The minimum Gasteiger partial charge on any atom is -0.396 e. The molecule has 0 atom stereocenters. The highest BCUT2D eigenvalue weighted by atomic mass is 79.9. The second-order valence-corrected chi connectivity index (χ2v) is 4.88. The van der Waals surface area contributed by atoms with E-state index in [1.54, 1.807) is 0 Å². The summed E-state index contributed by atoms with van der Waals surface area (Å²) in [6, 6.07) is 5.71. The Labute approximate surface area is 110 Å². The molecule has 0 unspecified atom stereocenters. The highest BCUT2D eigenvalue weighted by Gasteiger charge is 2.08. The highest BCUT2D eigenvalue weighted by molar-refractivity contribution is 9.10. The average molecular weight is 300 g/mol. The first kappa shape index (κ1) is 14.2. The van der Waals surface area contributed by atoms with Crippen LogP contribution in [0.1, 0.15) is 35.2 Å². The van der Waals surface area contributed by atoms with Crippen LogP contribution in [0.25, 0.3) is 0 Å². The molecule has 0 aliphatic rings. The van der Waals surface area contributed by atoms with Crippen LogP contribution in [0.2, 0.25) is 0 Å². The van der Waals surface area contributed by atoms with Crippen LogP contribution < -0.4 is 5.32 Å². The predicted octanol–water partition coefficient (Wildman–Crippen LogP) is 2.65. The van der Waals surface area contributed by atoms with E-state index in [9.17, 15) is 4.79 Å². The van der Waals surface area contributed by atoms with E-state index in [4.69, 9.17) is 5.11 Å². The maximum absolute atomic E-state index is 11.9. The number of benzene rings is 1. The van der Waals surface area contributed by atoms with E-state index in [0.29, 0.717) is 12.1 Å². The summed E-state index contributed by atoms with van der Waals surface area (Å²) < 4.78 is 0.816. The van der Waals surface area contributed by atoms with Crippen LogP contribution in [-0.2, 0) is 0 Å². The molecule has 0 saturated carbocycles. The van der Waals surface area contributed by atoms with Crippen LogP contribution in [0.15, 0.2) is 22.7 Å². The van der Waals surface area contributed by atoms with Crippen LogP contribution in [0, 0.1) is 6.92 Å². The molecule has 0 spiro atoms. The molecule has 1 amide bonds. The van der Waals surface area contributed by atoms with Crippen molar-refractivity contribution in [2.24, 2.45) is 0 Å². The largest absolute Gasteiger partial charge is 0.396 e. The first-order valence-electron chi connectivity index (χ1n) is 5.80. The van der Waals surface area contributed by atoms with Crippen LogP contribution in [-0.4, -0.2) is 24.2 Å². The second-order valence-electron chi connectivity index (χ2n) is 4.02. The lowest BCUT2D eigenvalue weighted by atomic mass is 10.1. The van der Waals surface area contributed by atoms with Gasteiger partial charge in [0.1, 0.15) is 0 Å². The molecular formula is C13H18BrNO2. The van der Waals surface area contributed by atoms with Crippen molar-refractivity contribution in [3.8, 4) is 0 Å². The molecule has 1 aromatic carbocycles. The molecular weight excluding hydrogens is 282 g/mol. The van der Waals surface area contributed by atoms with E-state index >= 15 is 0 Å². The predicted molar refractivity (Wildman–Crippen MR) is 72.1 cm³/mol. The number of aliphatic hydroxyl groups excluding tert-OH is 1. The minimum atomic E-state index is -0.0513. The third kappa shape index (κ3) is 4.88. The number of hydrogen-bond donors (Lipinski definition) is 2. The molecule has 0 bridgehead atoms. The molecule has 1 rings (SSSR count). The quantitative estimate of drug-likeness (QED) is 0.794. The number of carbonyl (C=O) groups is 1. The Balaban J connectivity index is 2.44. The number of nitrogens with one attached hydrogen (secondary N) is 1. The Bertz CT molecular complexity index is 380. The first-order valence-corrected chi connectivity index (χ1v) is 6.59. The van der Waals surface area contributed by atoms with E-state index in [1.165, 1.54) is 0 Å². The summed E-state index contributed by atoms with van der Waals surface area (Å²) in [5.74, 6) is -0.0513. The van der Waals surface area contributed by atoms with Crippen LogP contribution in [0.5, 0.6) is 0 Å². The minimum absolute atomic E-state index is 0.0513. The third-order valence-corrected chi connectivity index (χ3v) is 3.18. The van der Waals surface area contributed by atoms with Gasteiger partial charge in [0.15, 0.2) is 0 Å². The van der Waals surface area contributed by atoms with Gasteiger partial charge in [0.05, 0.1) is 5.56 Å². The first-order chi connectivity index (χ1) is 8.15. The fourth-order valence-corrected chi connectivity index (χ4v) is 1.95. The molecule has 0 heterocycles. The molecule has 3 nitrogen and oxygen atoms in total. The SMILES string of the molecule is Cc1ccc(Br)c(C(=O)NCCCCCO)c1. The molecule has 0 aromatic heterocycles. The van der Waals surface area contributed by atoms with Gasteiger partial charge < -0.3 is 10.4 Å². The number of unbranched alkanes of at least 4 members (excludes halogenated alkanes) is 2. The van der Waals surface area contributed by atoms with Gasteiger partial charge in [0.25, 0.3) is 5.91 Å². The fourth-order valence-electron chi connectivity index (χ4n) is 1.52. The van der Waals surface area contributed by atoms with Gasteiger partial charge in [0.2, 0.25) is 0 Å². The molecule has 4 heteroatoms. The molecule has 0 aliphatic carbocycles. The summed E-state index contributed by atoms with van der Waals surface area (Å²) in [4.78, 5) is 11.9. The normalized spacial score (nSPS) is 10.3. The standard InChI is InChI=1S/C13H18BrNO2/c1-10-5-6-12(14)11(9-10)13(17)15-7-3-2-4-8-16/h5-6,9,16H,2-4,7-8H2,1H3,(H,15,17). The molecule has 0 aliphatic heterocycles. The molecule has 0 fully saturated rings. The van der Waals surface area contributed by atoms with E-state index in [2.05, 4.69) is 21.2 Å². The van der Waals surface area contributed by atoms with Gasteiger partial charge >= 0.3 is 0 Å². The summed E-state index contributed by atoms with van der Waals surface area (Å²) in [7, 11) is 0. The monoisotopic (exact) mass is 299 g/mol. The number of carbonyl (C=O) groups excluding carboxylic acids is 1. The number of aryl methyl sites for hydroxylation is 1. The zero-order chi connectivity index (χ0) is 12.7. The Morgan fingerprint density at radius 1 is 1.35 bits per heavy atom. The lowest BCUT2D eigenvalue weighted by Gasteiger charge is -2.07. The van der Waals surface area contributed by atoms with Gasteiger partial charge in [-0.25, -0.2) is 0 Å². The Hall–Kier alpha value is -0.870. The Morgan fingerprint density at radius 3 is 2.82 bits per heavy atom. The van der Waals surface area contributed by atoms with Crippen LogP contribution >= 0.6 is 15.9 Å². The number of amides is 1. The van der Waals surface area contributed by atoms with Gasteiger partial charge in [-0.1, -0.05) is 11.6 Å². The number of aliphatic hydroxyl groups is 1. The van der Waals surface area contributed by atoms with Crippen molar-refractivity contribution < 1.29 is 9.90 Å². The molecule has 94 valence electrons. The van der Waals surface area contributed by atoms with Gasteiger partial charge in [-0.05, 0) is 54.2 Å². The van der Waals surface area contributed by atoms with Gasteiger partial charge in [-0.3, -0.25) is 4.79 Å². The fraction of sp³-hybridized carbons (Fsp3) is 0.462. The molecule has 0 radical (unpaired) electrons. The lowest BCUT2D eigenvalue weighted by Crippen LogP contribution is -2.24. The summed E-state index contributed by atoms with van der Waals surface area (Å²) >= 11 is 3.37. The van der Waals surface area contributed by atoms with Crippen molar-refractivity contribution in [2.75, 3.05) is 13.2 Å². The molecule has 2 N–H and O–H groups in total. The summed E-state index contributed by atoms with van der Waals surface area (Å²) in [5.41, 5.74) is 1.74. The van der Waals surface area contributed by atoms with E-state index in [1.807, 2.05) is 25.1 Å². The molecule has 1 aromatic rings. The molecule has 17 heavy (non-hydrogen) atoms. The Kier molecular flexibility index (Phi) is 6.22. The van der Waals surface area contributed by atoms with Crippen molar-refractivity contribution in [1.29, 1.82) is 0 Å². The number of halogens is 1. The third-order valence-electron chi connectivity index (χ3n) is 2.49. The smallest absolute Gasteiger partial charge is 0.252 e. The zero-order valence-electron chi connectivity index (χ0n) is 10.0. The van der Waals surface area contributed by atoms with Crippen LogP contribution in [0.4, 0.5) is 0 Å². The van der Waals surface area contributed by atoms with Crippen molar-refractivity contribution in [1.82, 2.24) is 5.32 Å². The molecule has 0 saturated heterocycles. The number of rotatable bonds is 6. The van der Waals surface area contributed by atoms with Crippen molar-refractivity contribution in [3.05, 3.63) is 33.8 Å². The van der Waals surface area contributed by atoms with E-state index in [-0.39, 0.29) is 12.5 Å². The van der Waals surface area contributed by atoms with E-state index < -0.39 is 0 Å². The maximum Gasteiger partial charge on any atom is 0.252 e. The topological polar surface area (TPSA) is 49.3 Å². The second kappa shape index (κ2) is 7.45. The van der Waals surface area contributed by atoms with Crippen molar-refractivity contribution in [2.45, 2.75) is 26.2 Å². The van der Waals surface area contributed by atoms with Gasteiger partial charge in [-0.15, -0.1) is 0 Å². The Morgan fingerprint density at radius 2 is 2.12 bits per heavy atom. The van der Waals surface area contributed by atoms with Crippen LogP contribution in [0.3, 0.4) is 0 Å². The summed E-state index contributed by atoms with van der Waals surface area (Å²) in [6.07, 6.45) is 2.63. The zero-order valence-corrected chi connectivity index (χ0v) is 11.6. The summed E-state index contributed by atoms with van der Waals surface area (Å²) in [6.45, 7) is 2.83. The lowest BCUT2D eigenvalue weighted by molar-refractivity contribution is 0.0952. The average Bonchev–Trinajstić information content (AvgIpc) is 2.32. The van der Waals surface area contributed by atoms with Crippen molar-refractivity contribution >= 4 is 21.8 Å². The number of hydrogen-bond acceptors (Lipinski definition) is 2. The van der Waals surface area contributed by atoms with Gasteiger partial charge in [-0.2, -0.15) is 0 Å². The van der Waals surface area contributed by atoms with E-state index in [0.717, 1.165) is 29.3 Å². The van der Waals surface area contributed by atoms with Crippen molar-refractivity contribution in [3.63, 3.8) is 0 Å². The highest BCUT2D eigenvalue weighted by Crippen LogP contribution is 2.17. The maximum atomic E-state index is 11.9. The van der Waals surface area contributed by atoms with Gasteiger partial charge in [0, 0.05) is 17.6 Å².